The van der Waals surface area contributed by atoms with Gasteiger partial charge in [-0.05, 0) is 76.6 Å². The van der Waals surface area contributed by atoms with Crippen molar-refractivity contribution in [3.63, 3.8) is 0 Å². The Morgan fingerprint density at radius 3 is 2.52 bits per heavy atom. The summed E-state index contributed by atoms with van der Waals surface area (Å²) >= 11 is 0. The second-order valence-corrected chi connectivity index (χ2v) is 7.68. The largest absolute Gasteiger partial charge is 0.494 e. The molecule has 0 radical (unpaired) electrons. The van der Waals surface area contributed by atoms with Gasteiger partial charge >= 0.3 is 6.09 Å². The predicted molar refractivity (Wildman–Crippen MR) is 97.2 cm³/mol. The number of rotatable bonds is 5. The summed E-state index contributed by atoms with van der Waals surface area (Å²) in [7, 11) is 0. The molecule has 0 bridgehead atoms. The summed E-state index contributed by atoms with van der Waals surface area (Å²) in [6, 6.07) is 5.52. The van der Waals surface area contributed by atoms with Crippen LogP contribution in [0.15, 0.2) is 18.2 Å². The Morgan fingerprint density at radius 2 is 1.96 bits per heavy atom. The van der Waals surface area contributed by atoms with Crippen LogP contribution in [-0.4, -0.2) is 42.6 Å². The Bertz CT molecular complexity index is 598. The van der Waals surface area contributed by atoms with Crippen LogP contribution < -0.4 is 4.74 Å². The van der Waals surface area contributed by atoms with Crippen molar-refractivity contribution in [3.05, 3.63) is 29.3 Å². The van der Waals surface area contributed by atoms with Crippen LogP contribution in [0.4, 0.5) is 4.79 Å². The van der Waals surface area contributed by atoms with Crippen molar-refractivity contribution in [2.45, 2.75) is 52.6 Å². The fraction of sp³-hybridized carbons (Fsp3) is 0.600. The van der Waals surface area contributed by atoms with Crippen molar-refractivity contribution >= 4 is 12.4 Å². The first-order chi connectivity index (χ1) is 11.8. The smallest absolute Gasteiger partial charge is 0.410 e. The number of carbonyl (C=O) groups excluding carboxylic acids is 2. The van der Waals surface area contributed by atoms with E-state index in [9.17, 15) is 9.59 Å². The predicted octanol–water partition coefficient (Wildman–Crippen LogP) is 4.22. The summed E-state index contributed by atoms with van der Waals surface area (Å²) in [6.45, 7) is 9.70. The highest BCUT2D eigenvalue weighted by molar-refractivity contribution is 5.77. The van der Waals surface area contributed by atoms with E-state index < -0.39 is 5.60 Å². The highest BCUT2D eigenvalue weighted by atomic mass is 16.6. The lowest BCUT2D eigenvalue weighted by Crippen LogP contribution is -2.41. The highest BCUT2D eigenvalue weighted by Gasteiger charge is 2.26. The number of carbonyl (C=O) groups is 2. The van der Waals surface area contributed by atoms with Gasteiger partial charge in [-0.15, -0.1) is 0 Å². The fourth-order valence-electron chi connectivity index (χ4n) is 2.94. The van der Waals surface area contributed by atoms with Gasteiger partial charge < -0.3 is 14.4 Å². The molecule has 0 N–H and O–H groups in total. The molecule has 1 aromatic rings. The van der Waals surface area contributed by atoms with Gasteiger partial charge in [0.2, 0.25) is 0 Å². The summed E-state index contributed by atoms with van der Waals surface area (Å²) in [6.07, 6.45) is 3.57. The van der Waals surface area contributed by atoms with E-state index in [4.69, 9.17) is 9.47 Å². The number of aryl methyl sites for hydroxylation is 1. The highest BCUT2D eigenvalue weighted by Crippen LogP contribution is 2.23. The molecule has 0 saturated carbocycles. The van der Waals surface area contributed by atoms with Gasteiger partial charge in [-0.2, -0.15) is 0 Å². The molecule has 25 heavy (non-hydrogen) atoms. The lowest BCUT2D eigenvalue weighted by molar-refractivity contribution is 0.0177. The molecule has 1 fully saturated rings. The van der Waals surface area contributed by atoms with Gasteiger partial charge in [-0.3, -0.25) is 4.79 Å². The quantitative estimate of drug-likeness (QED) is 0.748. The lowest BCUT2D eigenvalue weighted by atomic mass is 9.94. The van der Waals surface area contributed by atoms with Crippen molar-refractivity contribution in [1.29, 1.82) is 0 Å². The zero-order valence-electron chi connectivity index (χ0n) is 15.7. The lowest BCUT2D eigenvalue weighted by Gasteiger charge is -2.33. The van der Waals surface area contributed by atoms with Crippen molar-refractivity contribution in [1.82, 2.24) is 4.90 Å². The maximum Gasteiger partial charge on any atom is 0.410 e. The standard InChI is InChI=1S/C20H29NO4/c1-15-13-18(6-5-17(15)14-22)24-12-9-16-7-10-21(11-8-16)19(23)25-20(2,3)4/h5-6,13-14,16H,7-12H2,1-4H3. The topological polar surface area (TPSA) is 55.8 Å². The van der Waals surface area contributed by atoms with E-state index in [0.29, 0.717) is 18.1 Å². The molecule has 1 amide bonds. The van der Waals surface area contributed by atoms with Crippen LogP contribution in [0.25, 0.3) is 0 Å². The second kappa shape index (κ2) is 8.37. The summed E-state index contributed by atoms with van der Waals surface area (Å²) in [5.41, 5.74) is 1.18. The maximum absolute atomic E-state index is 12.1. The number of benzene rings is 1. The van der Waals surface area contributed by atoms with Gasteiger partial charge in [-0.1, -0.05) is 0 Å². The summed E-state index contributed by atoms with van der Waals surface area (Å²) in [5, 5.41) is 0. The van der Waals surface area contributed by atoms with Crippen molar-refractivity contribution in [2.24, 2.45) is 5.92 Å². The van der Waals surface area contributed by atoms with Crippen LogP contribution in [-0.2, 0) is 4.74 Å². The van der Waals surface area contributed by atoms with E-state index >= 15 is 0 Å². The normalized spacial score (nSPS) is 15.8. The van der Waals surface area contributed by atoms with Crippen LogP contribution in [0.3, 0.4) is 0 Å². The second-order valence-electron chi connectivity index (χ2n) is 7.68. The molecular formula is C20H29NO4. The van der Waals surface area contributed by atoms with Crippen LogP contribution in [0.2, 0.25) is 0 Å². The van der Waals surface area contributed by atoms with Gasteiger partial charge in [0, 0.05) is 18.7 Å². The monoisotopic (exact) mass is 347 g/mol. The van der Waals surface area contributed by atoms with E-state index in [1.807, 2.05) is 39.8 Å². The molecule has 5 heteroatoms. The Balaban J connectivity index is 1.71. The average molecular weight is 347 g/mol. The molecule has 0 unspecified atom stereocenters. The van der Waals surface area contributed by atoms with E-state index in [2.05, 4.69) is 0 Å². The van der Waals surface area contributed by atoms with Gasteiger partial charge in [-0.25, -0.2) is 4.79 Å². The van der Waals surface area contributed by atoms with Crippen LogP contribution >= 0.6 is 0 Å². The number of nitrogens with zero attached hydrogens (tertiary/aromatic N) is 1. The minimum Gasteiger partial charge on any atom is -0.494 e. The van der Waals surface area contributed by atoms with Crippen molar-refractivity contribution in [2.75, 3.05) is 19.7 Å². The Kier molecular flexibility index (Phi) is 6.45. The zero-order chi connectivity index (χ0) is 18.4. The first-order valence-corrected chi connectivity index (χ1v) is 8.95. The summed E-state index contributed by atoms with van der Waals surface area (Å²) in [5.74, 6) is 1.36. The molecule has 138 valence electrons. The molecule has 1 aromatic carbocycles. The summed E-state index contributed by atoms with van der Waals surface area (Å²) in [4.78, 5) is 24.7. The first kappa shape index (κ1) is 19.3. The molecule has 1 aliphatic heterocycles. The van der Waals surface area contributed by atoms with E-state index in [1.165, 1.54) is 0 Å². The molecule has 0 aromatic heterocycles. The molecular weight excluding hydrogens is 318 g/mol. The molecule has 2 rings (SSSR count). The Hall–Kier alpha value is -2.04. The number of ether oxygens (including phenoxy) is 2. The number of hydrogen-bond donors (Lipinski definition) is 0. The molecule has 0 atom stereocenters. The van der Waals surface area contributed by atoms with Crippen LogP contribution in [0.1, 0.15) is 56.0 Å². The number of amides is 1. The summed E-state index contributed by atoms with van der Waals surface area (Å²) < 4.78 is 11.2. The Labute approximate surface area is 150 Å². The minimum absolute atomic E-state index is 0.215. The van der Waals surface area contributed by atoms with E-state index in [1.54, 1.807) is 11.0 Å². The number of piperidine rings is 1. The third-order valence-electron chi connectivity index (χ3n) is 4.43. The third-order valence-corrected chi connectivity index (χ3v) is 4.43. The molecule has 1 aliphatic rings. The van der Waals surface area contributed by atoms with Crippen molar-refractivity contribution in [3.8, 4) is 5.75 Å². The number of aldehydes is 1. The molecule has 0 spiro atoms. The van der Waals surface area contributed by atoms with E-state index in [0.717, 1.165) is 50.0 Å². The number of hydrogen-bond acceptors (Lipinski definition) is 4. The van der Waals surface area contributed by atoms with Gasteiger partial charge in [0.15, 0.2) is 0 Å². The van der Waals surface area contributed by atoms with Crippen LogP contribution in [0.5, 0.6) is 5.75 Å². The van der Waals surface area contributed by atoms with Gasteiger partial charge in [0.05, 0.1) is 6.61 Å². The maximum atomic E-state index is 12.1. The molecule has 5 nitrogen and oxygen atoms in total. The van der Waals surface area contributed by atoms with Crippen LogP contribution in [0, 0.1) is 12.8 Å². The minimum atomic E-state index is -0.445. The molecule has 0 aliphatic carbocycles. The average Bonchev–Trinajstić information content (AvgIpc) is 2.54. The molecule has 1 heterocycles. The Morgan fingerprint density at radius 1 is 1.28 bits per heavy atom. The number of likely N-dealkylation sites (tertiary alicyclic amines) is 1. The van der Waals surface area contributed by atoms with Gasteiger partial charge in [0.25, 0.3) is 0 Å². The fourth-order valence-corrected chi connectivity index (χ4v) is 2.94. The zero-order valence-corrected chi connectivity index (χ0v) is 15.7. The third kappa shape index (κ3) is 6.07. The SMILES string of the molecule is Cc1cc(OCCC2CCN(C(=O)OC(C)(C)C)CC2)ccc1C=O. The molecule has 1 saturated heterocycles. The van der Waals surface area contributed by atoms with Crippen molar-refractivity contribution < 1.29 is 19.1 Å². The first-order valence-electron chi connectivity index (χ1n) is 8.95. The van der Waals surface area contributed by atoms with E-state index in [-0.39, 0.29) is 6.09 Å². The van der Waals surface area contributed by atoms with Gasteiger partial charge in [0.1, 0.15) is 17.6 Å².